The van der Waals surface area contributed by atoms with Crippen LogP contribution in [0.25, 0.3) is 0 Å². The average molecular weight is 500 g/mol. The molecule has 0 radical (unpaired) electrons. The number of carbonyl (C=O) groups is 1. The third-order valence-electron chi connectivity index (χ3n) is 4.60. The monoisotopic (exact) mass is 499 g/mol. The maximum Gasteiger partial charge on any atom is 0.308 e. The number of aryl methyl sites for hydroxylation is 2. The number of ether oxygens (including phenoxy) is 3. The Morgan fingerprint density at radius 1 is 0.788 bits per heavy atom. The van der Waals surface area contributed by atoms with Gasteiger partial charge in [-0.05, 0) is 51.0 Å². The van der Waals surface area contributed by atoms with Crippen LogP contribution in [0.5, 0.6) is 11.5 Å². The molecular formula is C26H37N2NiO4-. The summed E-state index contributed by atoms with van der Waals surface area (Å²) in [5.41, 5.74) is 5.48. The molecule has 0 aromatic heterocycles. The van der Waals surface area contributed by atoms with Gasteiger partial charge in [-0.25, -0.2) is 9.98 Å². The third kappa shape index (κ3) is 9.79. The number of carbonyl (C=O) groups excluding carboxylic acids is 1. The molecular weight excluding hydrogens is 463 g/mol. The van der Waals surface area contributed by atoms with Crippen molar-refractivity contribution in [2.45, 2.75) is 41.5 Å². The van der Waals surface area contributed by atoms with Gasteiger partial charge in [-0.1, -0.05) is 38.1 Å². The zero-order valence-electron chi connectivity index (χ0n) is 21.4. The van der Waals surface area contributed by atoms with Crippen LogP contribution in [-0.4, -0.2) is 38.7 Å². The molecule has 0 fully saturated rings. The smallest absolute Gasteiger partial charge is 0.308 e. The Bertz CT molecular complexity index is 886. The topological polar surface area (TPSA) is 69.5 Å². The van der Waals surface area contributed by atoms with Crippen LogP contribution in [0.2, 0.25) is 0 Å². The number of aliphatic imine (C=N–C) groups is 2. The Morgan fingerprint density at radius 2 is 1.15 bits per heavy atom. The zero-order chi connectivity index (χ0) is 23.6. The van der Waals surface area contributed by atoms with Crippen LogP contribution in [0.3, 0.4) is 0 Å². The first-order chi connectivity index (χ1) is 14.7. The summed E-state index contributed by atoms with van der Waals surface area (Å²) in [7, 11) is 4.70. The van der Waals surface area contributed by atoms with Gasteiger partial charge in [-0.3, -0.25) is 4.79 Å². The number of methoxy groups -OCH3 is 3. The standard InChI is InChI=1S/C20H24N2O2.C5H10O2.CH3.Ni/c1-13-9-7-11-17(23-5)19(13)21-15(3)16(4)22-20-14(2)10-8-12-18(20)24-6;1-4(2)5(6)7-3;;/h7-12H,1-6H3;4H,1-3H3;1H3;/q;;-1;. The van der Waals surface area contributed by atoms with E-state index in [1.54, 1.807) is 28.1 Å². The molecule has 0 aliphatic rings. The Hall–Kier alpha value is -2.66. The fraction of sp³-hybridized carbons (Fsp3) is 0.385. The summed E-state index contributed by atoms with van der Waals surface area (Å²) in [5, 5.41) is 0. The van der Waals surface area contributed by atoms with Crippen molar-refractivity contribution in [2.24, 2.45) is 15.9 Å². The van der Waals surface area contributed by atoms with Gasteiger partial charge in [0.05, 0.1) is 38.7 Å². The van der Waals surface area contributed by atoms with E-state index in [1.807, 2.05) is 64.1 Å². The van der Waals surface area contributed by atoms with Gasteiger partial charge in [0.2, 0.25) is 0 Å². The minimum atomic E-state index is -0.153. The van der Waals surface area contributed by atoms with Crippen molar-refractivity contribution in [1.29, 1.82) is 0 Å². The van der Waals surface area contributed by atoms with Crippen LogP contribution >= 0.6 is 0 Å². The normalized spacial score (nSPS) is 10.8. The average Bonchev–Trinajstić information content (AvgIpc) is 2.75. The van der Waals surface area contributed by atoms with Crippen LogP contribution in [-0.2, 0) is 26.0 Å². The molecule has 186 valence electrons. The molecule has 33 heavy (non-hydrogen) atoms. The Balaban J connectivity index is 0. The van der Waals surface area contributed by atoms with Gasteiger partial charge in [0, 0.05) is 16.5 Å². The molecule has 0 aliphatic heterocycles. The summed E-state index contributed by atoms with van der Waals surface area (Å²) in [5.74, 6) is 1.37. The predicted octanol–water partition coefficient (Wildman–Crippen LogP) is 6.47. The Kier molecular flexibility index (Phi) is 15.8. The molecule has 0 unspecified atom stereocenters. The third-order valence-corrected chi connectivity index (χ3v) is 4.60. The minimum Gasteiger partial charge on any atom is -0.494 e. The van der Waals surface area contributed by atoms with Crippen LogP contribution in [0.1, 0.15) is 38.8 Å². The van der Waals surface area contributed by atoms with Gasteiger partial charge in [0.25, 0.3) is 0 Å². The minimum absolute atomic E-state index is 0. The number of esters is 1. The summed E-state index contributed by atoms with van der Waals surface area (Å²) in [6.45, 7) is 11.5. The molecule has 0 heterocycles. The summed E-state index contributed by atoms with van der Waals surface area (Å²) in [6, 6.07) is 11.8. The molecule has 0 saturated carbocycles. The van der Waals surface area contributed by atoms with E-state index in [9.17, 15) is 4.79 Å². The van der Waals surface area contributed by atoms with Gasteiger partial charge in [-0.2, -0.15) is 0 Å². The van der Waals surface area contributed by atoms with E-state index in [0.717, 1.165) is 45.4 Å². The first-order valence-corrected chi connectivity index (χ1v) is 10.1. The fourth-order valence-corrected chi connectivity index (χ4v) is 2.61. The molecule has 0 amide bonds. The molecule has 6 nitrogen and oxygen atoms in total. The van der Waals surface area contributed by atoms with Crippen molar-refractivity contribution in [1.82, 2.24) is 0 Å². The molecule has 7 heteroatoms. The maximum absolute atomic E-state index is 10.3. The second kappa shape index (κ2) is 16.0. The summed E-state index contributed by atoms with van der Waals surface area (Å²) in [6.07, 6.45) is 0. The number of benzene rings is 2. The van der Waals surface area contributed by atoms with Crippen molar-refractivity contribution in [3.05, 3.63) is 55.0 Å². The Labute approximate surface area is 209 Å². The van der Waals surface area contributed by atoms with E-state index < -0.39 is 0 Å². The second-order valence-electron chi connectivity index (χ2n) is 7.32. The van der Waals surface area contributed by atoms with Gasteiger partial charge in [0.15, 0.2) is 0 Å². The first kappa shape index (κ1) is 32.5. The second-order valence-corrected chi connectivity index (χ2v) is 7.32. The van der Waals surface area contributed by atoms with Crippen LogP contribution in [0.4, 0.5) is 11.4 Å². The molecule has 2 aromatic rings. The molecule has 0 atom stereocenters. The fourth-order valence-electron chi connectivity index (χ4n) is 2.61. The van der Waals surface area contributed by atoms with Gasteiger partial charge in [-0.15, -0.1) is 0 Å². The number of para-hydroxylation sites is 2. The van der Waals surface area contributed by atoms with Crippen LogP contribution < -0.4 is 9.47 Å². The molecule has 2 rings (SSSR count). The quantitative estimate of drug-likeness (QED) is 0.197. The molecule has 0 saturated heterocycles. The summed E-state index contributed by atoms with van der Waals surface area (Å²) >= 11 is 0. The molecule has 0 spiro atoms. The van der Waals surface area contributed by atoms with E-state index in [4.69, 9.17) is 19.5 Å². The maximum atomic E-state index is 10.3. The summed E-state index contributed by atoms with van der Waals surface area (Å²) in [4.78, 5) is 19.8. The molecule has 2 aromatic carbocycles. The van der Waals surface area contributed by atoms with E-state index in [2.05, 4.69) is 4.74 Å². The van der Waals surface area contributed by atoms with Gasteiger partial charge in [0.1, 0.15) is 22.9 Å². The number of hydrogen-bond donors (Lipinski definition) is 0. The van der Waals surface area contributed by atoms with Crippen molar-refractivity contribution >= 4 is 28.8 Å². The van der Waals surface area contributed by atoms with E-state index >= 15 is 0 Å². The van der Waals surface area contributed by atoms with E-state index in [1.165, 1.54) is 7.11 Å². The van der Waals surface area contributed by atoms with Crippen LogP contribution in [0.15, 0.2) is 46.4 Å². The first-order valence-electron chi connectivity index (χ1n) is 10.1. The van der Waals surface area contributed by atoms with Gasteiger partial charge >= 0.3 is 5.97 Å². The van der Waals surface area contributed by atoms with Crippen molar-refractivity contribution in [2.75, 3.05) is 21.3 Å². The molecule has 0 N–H and O–H groups in total. The van der Waals surface area contributed by atoms with E-state index in [-0.39, 0.29) is 35.8 Å². The molecule has 0 bridgehead atoms. The van der Waals surface area contributed by atoms with Crippen LogP contribution in [0, 0.1) is 27.2 Å². The number of hydrogen-bond acceptors (Lipinski definition) is 6. The number of nitrogens with zero attached hydrogens (tertiary/aromatic N) is 2. The zero-order valence-corrected chi connectivity index (χ0v) is 22.4. The van der Waals surface area contributed by atoms with Gasteiger partial charge < -0.3 is 21.6 Å². The SMILES string of the molecule is COC(=O)C(C)C.COc1cccc(C)c1N=C(C)C(C)=Nc1c(C)cccc1OC.[CH3-].[Ni]. The van der Waals surface area contributed by atoms with Crippen molar-refractivity contribution in [3.8, 4) is 11.5 Å². The summed E-state index contributed by atoms with van der Waals surface area (Å²) < 4.78 is 15.2. The number of rotatable bonds is 6. The largest absolute Gasteiger partial charge is 0.494 e. The molecule has 0 aliphatic carbocycles. The predicted molar refractivity (Wildman–Crippen MR) is 134 cm³/mol. The van der Waals surface area contributed by atoms with E-state index in [0.29, 0.717) is 0 Å². The van der Waals surface area contributed by atoms with Crippen molar-refractivity contribution in [3.63, 3.8) is 0 Å². The Morgan fingerprint density at radius 3 is 1.39 bits per heavy atom. The van der Waals surface area contributed by atoms with Crippen molar-refractivity contribution < 1.29 is 35.5 Å².